The third-order valence-electron chi connectivity index (χ3n) is 3.32. The minimum atomic E-state index is -0.197. The lowest BCUT2D eigenvalue weighted by molar-refractivity contribution is 0.0941. The molecule has 0 aliphatic rings. The van der Waals surface area contributed by atoms with E-state index in [1.54, 1.807) is 22.8 Å². The lowest BCUT2D eigenvalue weighted by Gasteiger charge is -2.08. The van der Waals surface area contributed by atoms with Crippen molar-refractivity contribution in [3.63, 3.8) is 0 Å². The highest BCUT2D eigenvalue weighted by Crippen LogP contribution is 2.30. The van der Waals surface area contributed by atoms with Crippen LogP contribution in [0.4, 0.5) is 0 Å². The van der Waals surface area contributed by atoms with E-state index in [1.165, 1.54) is 0 Å². The number of carbonyl (C=O) groups is 1. The Balaban J connectivity index is 2.21. The van der Waals surface area contributed by atoms with Gasteiger partial charge < -0.3 is 5.73 Å². The van der Waals surface area contributed by atoms with Gasteiger partial charge in [-0.25, -0.2) is 0 Å². The fraction of sp³-hybridized carbons (Fsp3) is 0.133. The number of rotatable bonds is 2. The summed E-state index contributed by atoms with van der Waals surface area (Å²) in [5, 5.41) is 5.10. The third-order valence-corrected chi connectivity index (χ3v) is 4.02. The van der Waals surface area contributed by atoms with Crippen molar-refractivity contribution in [2.75, 3.05) is 0 Å². The summed E-state index contributed by atoms with van der Waals surface area (Å²) in [6, 6.07) is 9.68. The summed E-state index contributed by atoms with van der Waals surface area (Å²) >= 11 is 1.63. The highest BCUT2D eigenvalue weighted by atomic mass is 32.1. The van der Waals surface area contributed by atoms with Gasteiger partial charge in [0.2, 0.25) is 5.91 Å². The highest BCUT2D eigenvalue weighted by Gasteiger charge is 2.17. The van der Waals surface area contributed by atoms with Crippen LogP contribution in [-0.4, -0.2) is 10.5 Å². The average molecular weight is 270 g/mol. The Kier molecular flexibility index (Phi) is 2.97. The molecule has 0 aliphatic heterocycles. The van der Waals surface area contributed by atoms with Crippen molar-refractivity contribution < 1.29 is 4.79 Å². The first kappa shape index (κ1) is 12.1. The van der Waals surface area contributed by atoms with Gasteiger partial charge in [-0.15, -0.1) is 0 Å². The van der Waals surface area contributed by atoms with E-state index in [0.717, 1.165) is 22.0 Å². The van der Waals surface area contributed by atoms with Gasteiger partial charge >= 0.3 is 0 Å². The van der Waals surface area contributed by atoms with E-state index < -0.39 is 0 Å². The minimum Gasteiger partial charge on any atom is -0.320 e. The van der Waals surface area contributed by atoms with Crippen LogP contribution in [0.25, 0.3) is 10.9 Å². The van der Waals surface area contributed by atoms with Crippen LogP contribution in [0.3, 0.4) is 0 Å². The number of para-hydroxylation sites is 1. The van der Waals surface area contributed by atoms with E-state index in [0.29, 0.717) is 0 Å². The number of fused-ring (bicyclic) bond motifs is 1. The number of hydrogen-bond acceptors (Lipinski definition) is 3. The first-order chi connectivity index (χ1) is 9.18. The number of thiophene rings is 1. The summed E-state index contributed by atoms with van der Waals surface area (Å²) in [5.41, 5.74) is 9.31. The molecule has 0 unspecified atom stereocenters. The Morgan fingerprint density at radius 2 is 2.11 bits per heavy atom. The van der Waals surface area contributed by atoms with Gasteiger partial charge in [-0.05, 0) is 34.0 Å². The van der Waals surface area contributed by atoms with E-state index in [9.17, 15) is 4.79 Å². The number of nitrogens with two attached hydrogens (primary N) is 1. The van der Waals surface area contributed by atoms with Crippen LogP contribution < -0.4 is 5.73 Å². The molecule has 0 bridgehead atoms. The maximum absolute atomic E-state index is 11.7. The topological polar surface area (TPSA) is 48.0 Å². The molecule has 0 saturated carbocycles. The fourth-order valence-corrected chi connectivity index (χ4v) is 3.04. The maximum Gasteiger partial charge on any atom is 0.227 e. The largest absolute Gasteiger partial charge is 0.320 e. The van der Waals surface area contributed by atoms with Gasteiger partial charge in [0.05, 0.1) is 11.6 Å². The number of benzene rings is 1. The molecule has 4 heteroatoms. The standard InChI is InChI=1S/C15H14N2OS/c1-10(18)17-8-13(12-4-2-3-5-14(12)17)15(16)11-6-7-19-9-11/h2-9,15H,16H2,1H3/t15-/m0/s1. The first-order valence-corrected chi connectivity index (χ1v) is 7.01. The van der Waals surface area contributed by atoms with Gasteiger partial charge in [0.15, 0.2) is 0 Å². The molecule has 0 fully saturated rings. The summed E-state index contributed by atoms with van der Waals surface area (Å²) in [6.45, 7) is 1.56. The van der Waals surface area contributed by atoms with Crippen LogP contribution in [0.15, 0.2) is 47.3 Å². The lowest BCUT2D eigenvalue weighted by Crippen LogP contribution is -2.10. The molecule has 3 nitrogen and oxygen atoms in total. The van der Waals surface area contributed by atoms with E-state index in [1.807, 2.05) is 47.3 Å². The molecule has 0 amide bonds. The molecular formula is C15H14N2OS. The number of aromatic nitrogens is 1. The molecule has 2 aromatic heterocycles. The van der Waals surface area contributed by atoms with E-state index in [4.69, 9.17) is 5.73 Å². The number of nitrogens with zero attached hydrogens (tertiary/aromatic N) is 1. The predicted molar refractivity (Wildman–Crippen MR) is 78.6 cm³/mol. The summed E-state index contributed by atoms with van der Waals surface area (Å²) in [5.74, 6) is -0.0000291. The van der Waals surface area contributed by atoms with Crippen LogP contribution >= 0.6 is 11.3 Å². The Morgan fingerprint density at radius 3 is 2.79 bits per heavy atom. The minimum absolute atomic E-state index is 0.0000291. The van der Waals surface area contributed by atoms with Crippen molar-refractivity contribution >= 4 is 28.1 Å². The molecule has 2 N–H and O–H groups in total. The van der Waals surface area contributed by atoms with Crippen molar-refractivity contribution in [1.82, 2.24) is 4.57 Å². The van der Waals surface area contributed by atoms with Crippen LogP contribution in [0.2, 0.25) is 0 Å². The van der Waals surface area contributed by atoms with Gasteiger partial charge in [-0.1, -0.05) is 18.2 Å². The van der Waals surface area contributed by atoms with E-state index in [-0.39, 0.29) is 11.9 Å². The van der Waals surface area contributed by atoms with Crippen molar-refractivity contribution in [1.29, 1.82) is 0 Å². The molecule has 2 heterocycles. The third kappa shape index (κ3) is 1.99. The van der Waals surface area contributed by atoms with Crippen molar-refractivity contribution in [3.05, 3.63) is 58.4 Å². The zero-order valence-corrected chi connectivity index (χ0v) is 11.4. The van der Waals surface area contributed by atoms with Crippen LogP contribution in [-0.2, 0) is 0 Å². The highest BCUT2D eigenvalue weighted by molar-refractivity contribution is 7.08. The average Bonchev–Trinajstić information content (AvgIpc) is 3.05. The normalized spacial score (nSPS) is 12.7. The summed E-state index contributed by atoms with van der Waals surface area (Å²) < 4.78 is 1.66. The summed E-state index contributed by atoms with van der Waals surface area (Å²) in [7, 11) is 0. The van der Waals surface area contributed by atoms with Gasteiger partial charge in [0.25, 0.3) is 0 Å². The molecule has 96 valence electrons. The zero-order chi connectivity index (χ0) is 13.4. The molecular weight excluding hydrogens is 256 g/mol. The molecule has 1 aromatic carbocycles. The van der Waals surface area contributed by atoms with Crippen LogP contribution in [0.5, 0.6) is 0 Å². The van der Waals surface area contributed by atoms with Crippen LogP contribution in [0, 0.1) is 0 Å². The monoisotopic (exact) mass is 270 g/mol. The van der Waals surface area contributed by atoms with E-state index in [2.05, 4.69) is 0 Å². The zero-order valence-electron chi connectivity index (χ0n) is 10.5. The van der Waals surface area contributed by atoms with Crippen molar-refractivity contribution in [2.24, 2.45) is 5.73 Å². The predicted octanol–water partition coefficient (Wildman–Crippen LogP) is 3.41. The second-order valence-electron chi connectivity index (χ2n) is 4.52. The maximum atomic E-state index is 11.7. The van der Waals surface area contributed by atoms with Gasteiger partial charge in [-0.3, -0.25) is 9.36 Å². The number of hydrogen-bond donors (Lipinski definition) is 1. The molecule has 19 heavy (non-hydrogen) atoms. The Labute approximate surface area is 115 Å². The van der Waals surface area contributed by atoms with Gasteiger partial charge in [-0.2, -0.15) is 11.3 Å². The molecule has 3 aromatic rings. The second-order valence-corrected chi connectivity index (χ2v) is 5.30. The van der Waals surface area contributed by atoms with Gasteiger partial charge in [0, 0.05) is 18.5 Å². The quantitative estimate of drug-likeness (QED) is 0.775. The Hall–Kier alpha value is -1.91. The molecule has 0 spiro atoms. The SMILES string of the molecule is CC(=O)n1cc([C@@H](N)c2ccsc2)c2ccccc21. The number of carbonyl (C=O) groups excluding carboxylic acids is 1. The lowest BCUT2D eigenvalue weighted by atomic mass is 10.0. The molecule has 0 aliphatic carbocycles. The first-order valence-electron chi connectivity index (χ1n) is 6.07. The molecule has 1 atom stereocenters. The van der Waals surface area contributed by atoms with Crippen molar-refractivity contribution in [3.8, 4) is 0 Å². The fourth-order valence-electron chi connectivity index (χ4n) is 2.35. The smallest absolute Gasteiger partial charge is 0.227 e. The Morgan fingerprint density at radius 1 is 1.32 bits per heavy atom. The van der Waals surface area contributed by atoms with Crippen molar-refractivity contribution in [2.45, 2.75) is 13.0 Å². The van der Waals surface area contributed by atoms with E-state index >= 15 is 0 Å². The summed E-state index contributed by atoms with van der Waals surface area (Å²) in [6.07, 6.45) is 1.86. The second kappa shape index (κ2) is 4.64. The summed E-state index contributed by atoms with van der Waals surface area (Å²) in [4.78, 5) is 11.7. The Bertz CT molecular complexity index is 728. The molecule has 0 radical (unpaired) electrons. The molecule has 0 saturated heterocycles. The van der Waals surface area contributed by atoms with Crippen LogP contribution in [0.1, 0.15) is 28.9 Å². The van der Waals surface area contributed by atoms with Gasteiger partial charge in [0.1, 0.15) is 0 Å². The molecule has 3 rings (SSSR count).